The molecule has 2 aromatic carbocycles. The number of nitrogens with one attached hydrogen (secondary N) is 1. The first-order chi connectivity index (χ1) is 12.1. The molecule has 0 bridgehead atoms. The van der Waals surface area contributed by atoms with Gasteiger partial charge in [0.05, 0.1) is 11.9 Å². The second kappa shape index (κ2) is 7.86. The maximum atomic E-state index is 13.5. The van der Waals surface area contributed by atoms with E-state index in [1.54, 1.807) is 0 Å². The van der Waals surface area contributed by atoms with Gasteiger partial charge in [0.2, 0.25) is 15.9 Å². The van der Waals surface area contributed by atoms with Gasteiger partial charge in [0, 0.05) is 5.69 Å². The van der Waals surface area contributed by atoms with Crippen LogP contribution in [0.5, 0.6) is 0 Å². The summed E-state index contributed by atoms with van der Waals surface area (Å²) >= 11 is 0. The fraction of sp³-hybridized carbons (Fsp3) is 0.316. The van der Waals surface area contributed by atoms with Gasteiger partial charge >= 0.3 is 0 Å². The number of carbonyl (C=O) groups excluding carboxylic acids is 1. The molecule has 0 saturated carbocycles. The Hall–Kier alpha value is -2.41. The summed E-state index contributed by atoms with van der Waals surface area (Å²) in [6.07, 6.45) is 0.985. The molecular weight excluding hydrogens is 355 g/mol. The maximum absolute atomic E-state index is 13.5. The van der Waals surface area contributed by atoms with Crippen LogP contribution in [-0.4, -0.2) is 27.1 Å². The van der Waals surface area contributed by atoms with Gasteiger partial charge in [-0.2, -0.15) is 0 Å². The molecule has 0 aliphatic heterocycles. The lowest BCUT2D eigenvalue weighted by atomic mass is 9.98. The van der Waals surface area contributed by atoms with Gasteiger partial charge in [-0.25, -0.2) is 12.8 Å². The van der Waals surface area contributed by atoms with Crippen molar-refractivity contribution in [2.24, 2.45) is 0 Å². The van der Waals surface area contributed by atoms with Crippen molar-refractivity contribution in [2.75, 3.05) is 22.4 Å². The van der Waals surface area contributed by atoms with Crippen molar-refractivity contribution in [2.45, 2.75) is 26.7 Å². The summed E-state index contributed by atoms with van der Waals surface area (Å²) in [7, 11) is -3.75. The van der Waals surface area contributed by atoms with Gasteiger partial charge in [0.25, 0.3) is 0 Å². The second-order valence-electron chi connectivity index (χ2n) is 6.49. The van der Waals surface area contributed by atoms with E-state index in [0.717, 1.165) is 27.8 Å². The highest BCUT2D eigenvalue weighted by Gasteiger charge is 2.22. The molecule has 0 spiro atoms. The molecule has 0 atom stereocenters. The highest BCUT2D eigenvalue weighted by Crippen LogP contribution is 2.27. The average Bonchev–Trinajstić information content (AvgIpc) is 2.53. The minimum atomic E-state index is -3.75. The van der Waals surface area contributed by atoms with Gasteiger partial charge < -0.3 is 5.32 Å². The third kappa shape index (κ3) is 4.82. The maximum Gasteiger partial charge on any atom is 0.245 e. The molecule has 0 saturated heterocycles. The molecule has 0 aliphatic rings. The van der Waals surface area contributed by atoms with Crippen LogP contribution in [0.25, 0.3) is 0 Å². The van der Waals surface area contributed by atoms with E-state index in [2.05, 4.69) is 5.32 Å². The largest absolute Gasteiger partial charge is 0.324 e. The normalized spacial score (nSPS) is 11.5. The first kappa shape index (κ1) is 19.9. The van der Waals surface area contributed by atoms with E-state index in [1.165, 1.54) is 18.2 Å². The summed E-state index contributed by atoms with van der Waals surface area (Å²) in [5.41, 5.74) is 2.65. The fourth-order valence-corrected chi connectivity index (χ4v) is 3.53. The van der Waals surface area contributed by atoms with Crippen molar-refractivity contribution in [3.8, 4) is 0 Å². The van der Waals surface area contributed by atoms with E-state index >= 15 is 0 Å². The van der Waals surface area contributed by atoms with E-state index in [4.69, 9.17) is 0 Å². The van der Waals surface area contributed by atoms with Gasteiger partial charge in [-0.1, -0.05) is 38.1 Å². The lowest BCUT2D eigenvalue weighted by Gasteiger charge is -2.23. The van der Waals surface area contributed by atoms with Crippen LogP contribution in [0.2, 0.25) is 0 Å². The van der Waals surface area contributed by atoms with Crippen LogP contribution in [0.4, 0.5) is 15.8 Å². The van der Waals surface area contributed by atoms with E-state index in [1.807, 2.05) is 39.0 Å². The summed E-state index contributed by atoms with van der Waals surface area (Å²) in [5.74, 6) is -0.868. The Morgan fingerprint density at radius 2 is 1.85 bits per heavy atom. The molecule has 140 valence electrons. The molecule has 5 nitrogen and oxygen atoms in total. The molecule has 0 aromatic heterocycles. The number of carbonyl (C=O) groups is 1. The van der Waals surface area contributed by atoms with Gasteiger partial charge in [-0.05, 0) is 42.2 Å². The number of hydrogen-bond acceptors (Lipinski definition) is 3. The van der Waals surface area contributed by atoms with Crippen LogP contribution in [0, 0.1) is 12.7 Å². The van der Waals surface area contributed by atoms with Gasteiger partial charge in [0.1, 0.15) is 12.4 Å². The van der Waals surface area contributed by atoms with Crippen molar-refractivity contribution in [1.29, 1.82) is 0 Å². The molecule has 0 unspecified atom stereocenters. The summed E-state index contributed by atoms with van der Waals surface area (Å²) in [6, 6.07) is 10.9. The van der Waals surface area contributed by atoms with E-state index in [-0.39, 0.29) is 11.6 Å². The van der Waals surface area contributed by atoms with Crippen LogP contribution in [0.15, 0.2) is 42.5 Å². The van der Waals surface area contributed by atoms with Crippen LogP contribution in [0.3, 0.4) is 0 Å². The van der Waals surface area contributed by atoms with E-state index < -0.39 is 28.3 Å². The zero-order chi connectivity index (χ0) is 19.5. The summed E-state index contributed by atoms with van der Waals surface area (Å²) < 4.78 is 38.6. The molecule has 0 heterocycles. The summed E-state index contributed by atoms with van der Waals surface area (Å²) in [6.45, 7) is 5.47. The standard InChI is InChI=1S/C19H23FN2O3S/c1-13(2)17-10-5-7-14(3)19(17)21-18(23)12-22(26(4,24)25)16-9-6-8-15(20)11-16/h5-11,13H,12H2,1-4H3,(H,21,23). The molecule has 26 heavy (non-hydrogen) atoms. The molecule has 1 N–H and O–H groups in total. The topological polar surface area (TPSA) is 66.5 Å². The second-order valence-corrected chi connectivity index (χ2v) is 8.40. The van der Waals surface area contributed by atoms with Crippen molar-refractivity contribution < 1.29 is 17.6 Å². The Balaban J connectivity index is 2.30. The lowest BCUT2D eigenvalue weighted by molar-refractivity contribution is -0.114. The minimum absolute atomic E-state index is 0.108. The smallest absolute Gasteiger partial charge is 0.245 e. The number of hydrogen-bond donors (Lipinski definition) is 1. The zero-order valence-corrected chi connectivity index (χ0v) is 16.1. The Labute approximate surface area is 153 Å². The number of para-hydroxylation sites is 1. The zero-order valence-electron chi connectivity index (χ0n) is 15.3. The first-order valence-electron chi connectivity index (χ1n) is 8.22. The third-order valence-corrected chi connectivity index (χ3v) is 5.12. The monoisotopic (exact) mass is 378 g/mol. The van der Waals surface area contributed by atoms with Crippen LogP contribution in [-0.2, 0) is 14.8 Å². The van der Waals surface area contributed by atoms with Crippen LogP contribution >= 0.6 is 0 Å². The van der Waals surface area contributed by atoms with Crippen LogP contribution < -0.4 is 9.62 Å². The number of aryl methyl sites for hydroxylation is 1. The summed E-state index contributed by atoms with van der Waals surface area (Å²) in [5, 5.41) is 2.81. The lowest BCUT2D eigenvalue weighted by Crippen LogP contribution is -2.37. The predicted octanol–water partition coefficient (Wildman–Crippen LogP) is 3.66. The van der Waals surface area contributed by atoms with E-state index in [9.17, 15) is 17.6 Å². The number of halogens is 1. The molecule has 2 aromatic rings. The Morgan fingerprint density at radius 1 is 1.19 bits per heavy atom. The first-order valence-corrected chi connectivity index (χ1v) is 10.1. The molecule has 0 fully saturated rings. The van der Waals surface area contributed by atoms with Crippen molar-refractivity contribution in [1.82, 2.24) is 0 Å². The molecule has 2 rings (SSSR count). The number of anilines is 2. The SMILES string of the molecule is Cc1cccc(C(C)C)c1NC(=O)CN(c1cccc(F)c1)S(C)(=O)=O. The van der Waals surface area contributed by atoms with Crippen molar-refractivity contribution >= 4 is 27.3 Å². The highest BCUT2D eigenvalue weighted by atomic mass is 32.2. The molecule has 1 amide bonds. The predicted molar refractivity (Wildman–Crippen MR) is 102 cm³/mol. The minimum Gasteiger partial charge on any atom is -0.324 e. The number of sulfonamides is 1. The molecule has 0 radical (unpaired) electrons. The van der Waals surface area contributed by atoms with Gasteiger partial charge in [-0.15, -0.1) is 0 Å². The molecule has 0 aliphatic carbocycles. The number of rotatable bonds is 6. The quantitative estimate of drug-likeness (QED) is 0.834. The highest BCUT2D eigenvalue weighted by molar-refractivity contribution is 7.92. The summed E-state index contributed by atoms with van der Waals surface area (Å²) in [4.78, 5) is 12.5. The number of benzene rings is 2. The Morgan fingerprint density at radius 3 is 2.42 bits per heavy atom. The third-order valence-electron chi connectivity index (χ3n) is 3.98. The van der Waals surface area contributed by atoms with Crippen LogP contribution in [0.1, 0.15) is 30.9 Å². The van der Waals surface area contributed by atoms with Gasteiger partial charge in [0.15, 0.2) is 0 Å². The molecule has 7 heteroatoms. The average molecular weight is 378 g/mol. The van der Waals surface area contributed by atoms with Gasteiger partial charge in [-0.3, -0.25) is 9.10 Å². The van der Waals surface area contributed by atoms with E-state index in [0.29, 0.717) is 5.69 Å². The van der Waals surface area contributed by atoms with Crippen molar-refractivity contribution in [3.63, 3.8) is 0 Å². The molecular formula is C19H23FN2O3S. The fourth-order valence-electron chi connectivity index (χ4n) is 2.68. The number of nitrogens with zero attached hydrogens (tertiary/aromatic N) is 1. The van der Waals surface area contributed by atoms with Crippen molar-refractivity contribution in [3.05, 3.63) is 59.4 Å². The number of amides is 1. The Bertz CT molecular complexity index is 911. The Kier molecular flexibility index (Phi) is 6.02.